The Hall–Kier alpha value is -1.55. The van der Waals surface area contributed by atoms with E-state index >= 15 is 0 Å². The average Bonchev–Trinajstić information content (AvgIpc) is 2.28. The van der Waals surface area contributed by atoms with E-state index in [2.05, 4.69) is 5.32 Å². The number of hydrogen-bond donors (Lipinski definition) is 2. The molecule has 0 fully saturated rings. The maximum Gasteiger partial charge on any atom is 0.255 e. The number of ether oxygens (including phenoxy) is 1. The topological polar surface area (TPSA) is 58.6 Å². The lowest BCUT2D eigenvalue weighted by atomic mass is 10.1. The van der Waals surface area contributed by atoms with Crippen LogP contribution in [0.4, 0.5) is 0 Å². The molecule has 1 aromatic carbocycles. The third kappa shape index (κ3) is 3.75. The van der Waals surface area contributed by atoms with E-state index in [1.165, 1.54) is 0 Å². The van der Waals surface area contributed by atoms with Gasteiger partial charge in [-0.3, -0.25) is 4.79 Å². The largest absolute Gasteiger partial charge is 0.507 e. The summed E-state index contributed by atoms with van der Waals surface area (Å²) in [6, 6.07) is 4.96. The van der Waals surface area contributed by atoms with Gasteiger partial charge in [0.05, 0.1) is 18.2 Å². The number of methoxy groups -OCH3 is 1. The minimum absolute atomic E-state index is 0.00905. The quantitative estimate of drug-likeness (QED) is 0.821. The zero-order valence-corrected chi connectivity index (χ0v) is 10.5. The minimum Gasteiger partial charge on any atom is -0.507 e. The van der Waals surface area contributed by atoms with Crippen molar-refractivity contribution in [3.63, 3.8) is 0 Å². The SMILES string of the molecule is CCC(COC)NC(=O)c1ccc(C)cc1O. The number of amides is 1. The van der Waals surface area contributed by atoms with Gasteiger partial charge >= 0.3 is 0 Å². The van der Waals surface area contributed by atoms with E-state index in [1.807, 2.05) is 13.8 Å². The number of phenols is 1. The Kier molecular flexibility index (Phi) is 4.97. The number of benzene rings is 1. The standard InChI is InChI=1S/C13H19NO3/c1-4-10(8-17-3)14-13(16)11-6-5-9(2)7-12(11)15/h5-7,10,15H,4,8H2,1-3H3,(H,14,16). The summed E-state index contributed by atoms with van der Waals surface area (Å²) in [6.07, 6.45) is 0.784. The van der Waals surface area contributed by atoms with Gasteiger partial charge < -0.3 is 15.2 Å². The summed E-state index contributed by atoms with van der Waals surface area (Å²) >= 11 is 0. The number of nitrogens with one attached hydrogen (secondary N) is 1. The molecule has 1 rings (SSSR count). The van der Waals surface area contributed by atoms with Crippen molar-refractivity contribution in [2.45, 2.75) is 26.3 Å². The highest BCUT2D eigenvalue weighted by Crippen LogP contribution is 2.18. The first-order chi connectivity index (χ1) is 8.08. The Morgan fingerprint density at radius 3 is 2.76 bits per heavy atom. The number of phenolic OH excluding ortho intramolecular Hbond substituents is 1. The van der Waals surface area contributed by atoms with E-state index in [4.69, 9.17) is 4.74 Å². The Morgan fingerprint density at radius 1 is 1.53 bits per heavy atom. The Balaban J connectivity index is 2.75. The molecule has 1 unspecified atom stereocenters. The normalized spacial score (nSPS) is 12.2. The maximum absolute atomic E-state index is 11.9. The van der Waals surface area contributed by atoms with Gasteiger partial charge in [0.1, 0.15) is 5.75 Å². The lowest BCUT2D eigenvalue weighted by Crippen LogP contribution is -2.37. The van der Waals surface area contributed by atoms with Crippen molar-refractivity contribution >= 4 is 5.91 Å². The van der Waals surface area contributed by atoms with Gasteiger partial charge in [-0.2, -0.15) is 0 Å². The fourth-order valence-electron chi connectivity index (χ4n) is 1.56. The summed E-state index contributed by atoms with van der Waals surface area (Å²) in [5, 5.41) is 12.5. The summed E-state index contributed by atoms with van der Waals surface area (Å²) in [5.74, 6) is -0.263. The third-order valence-corrected chi connectivity index (χ3v) is 2.59. The molecule has 0 aromatic heterocycles. The first-order valence-electron chi connectivity index (χ1n) is 5.67. The number of carbonyl (C=O) groups is 1. The zero-order valence-electron chi connectivity index (χ0n) is 10.5. The van der Waals surface area contributed by atoms with Crippen LogP contribution in [0.15, 0.2) is 18.2 Å². The van der Waals surface area contributed by atoms with Crippen LogP contribution in [0.25, 0.3) is 0 Å². The highest BCUT2D eigenvalue weighted by molar-refractivity contribution is 5.97. The lowest BCUT2D eigenvalue weighted by Gasteiger charge is -2.16. The van der Waals surface area contributed by atoms with Crippen LogP contribution in [-0.4, -0.2) is 30.8 Å². The molecule has 2 N–H and O–H groups in total. The molecule has 4 heteroatoms. The summed E-state index contributed by atoms with van der Waals surface area (Å²) in [4.78, 5) is 11.9. The second kappa shape index (κ2) is 6.25. The number of carbonyl (C=O) groups excluding carboxylic acids is 1. The summed E-state index contributed by atoms with van der Waals surface area (Å²) in [5.41, 5.74) is 1.22. The summed E-state index contributed by atoms with van der Waals surface area (Å²) in [7, 11) is 1.60. The predicted molar refractivity (Wildman–Crippen MR) is 66.3 cm³/mol. The first-order valence-corrected chi connectivity index (χ1v) is 5.67. The molecule has 0 saturated heterocycles. The number of rotatable bonds is 5. The van der Waals surface area contributed by atoms with E-state index in [9.17, 15) is 9.90 Å². The summed E-state index contributed by atoms with van der Waals surface area (Å²) in [6.45, 7) is 4.30. The highest BCUT2D eigenvalue weighted by Gasteiger charge is 2.14. The van der Waals surface area contributed by atoms with Crippen LogP contribution in [0.2, 0.25) is 0 Å². The van der Waals surface area contributed by atoms with Crippen molar-refractivity contribution in [2.24, 2.45) is 0 Å². The fourth-order valence-corrected chi connectivity index (χ4v) is 1.56. The van der Waals surface area contributed by atoms with E-state index in [0.717, 1.165) is 12.0 Å². The van der Waals surface area contributed by atoms with Gasteiger partial charge in [0.2, 0.25) is 0 Å². The van der Waals surface area contributed by atoms with Crippen LogP contribution in [-0.2, 0) is 4.74 Å². The van der Waals surface area contributed by atoms with Crippen molar-refractivity contribution in [2.75, 3.05) is 13.7 Å². The third-order valence-electron chi connectivity index (χ3n) is 2.59. The average molecular weight is 237 g/mol. The number of aromatic hydroxyl groups is 1. The van der Waals surface area contributed by atoms with Crippen LogP contribution in [0.1, 0.15) is 29.3 Å². The molecule has 4 nitrogen and oxygen atoms in total. The minimum atomic E-state index is -0.272. The Morgan fingerprint density at radius 2 is 2.24 bits per heavy atom. The summed E-state index contributed by atoms with van der Waals surface area (Å²) < 4.78 is 5.00. The zero-order chi connectivity index (χ0) is 12.8. The van der Waals surface area contributed by atoms with Gasteiger partial charge in [0, 0.05) is 7.11 Å². The van der Waals surface area contributed by atoms with Crippen LogP contribution in [0, 0.1) is 6.92 Å². The second-order valence-corrected chi connectivity index (χ2v) is 4.05. The predicted octanol–water partition coefficient (Wildman–Crippen LogP) is 1.86. The van der Waals surface area contributed by atoms with E-state index in [-0.39, 0.29) is 17.7 Å². The molecule has 0 aliphatic carbocycles. The molecule has 1 amide bonds. The fraction of sp³-hybridized carbons (Fsp3) is 0.462. The van der Waals surface area contributed by atoms with Gasteiger partial charge in [-0.25, -0.2) is 0 Å². The van der Waals surface area contributed by atoms with Gasteiger partial charge in [-0.15, -0.1) is 0 Å². The van der Waals surface area contributed by atoms with E-state index < -0.39 is 0 Å². The second-order valence-electron chi connectivity index (χ2n) is 4.05. The van der Waals surface area contributed by atoms with Crippen molar-refractivity contribution in [3.05, 3.63) is 29.3 Å². The smallest absolute Gasteiger partial charge is 0.255 e. The molecular weight excluding hydrogens is 218 g/mol. The molecule has 17 heavy (non-hydrogen) atoms. The molecule has 94 valence electrons. The molecule has 0 bridgehead atoms. The molecule has 0 aliphatic heterocycles. The van der Waals surface area contributed by atoms with Crippen molar-refractivity contribution in [1.29, 1.82) is 0 Å². The van der Waals surface area contributed by atoms with Crippen molar-refractivity contribution in [1.82, 2.24) is 5.32 Å². The molecule has 0 spiro atoms. The number of hydrogen-bond acceptors (Lipinski definition) is 3. The molecule has 1 atom stereocenters. The first kappa shape index (κ1) is 13.5. The van der Waals surface area contributed by atoms with Gasteiger partial charge in [-0.1, -0.05) is 13.0 Å². The monoisotopic (exact) mass is 237 g/mol. The lowest BCUT2D eigenvalue weighted by molar-refractivity contribution is 0.0892. The van der Waals surface area contributed by atoms with Crippen molar-refractivity contribution in [3.8, 4) is 5.75 Å². The van der Waals surface area contributed by atoms with Gasteiger partial charge in [0.25, 0.3) is 5.91 Å². The van der Waals surface area contributed by atoms with Crippen LogP contribution < -0.4 is 5.32 Å². The molecule has 0 saturated carbocycles. The van der Waals surface area contributed by atoms with Crippen molar-refractivity contribution < 1.29 is 14.6 Å². The van der Waals surface area contributed by atoms with Gasteiger partial charge in [-0.05, 0) is 31.0 Å². The van der Waals surface area contributed by atoms with Crippen LogP contribution in [0.5, 0.6) is 5.75 Å². The molecular formula is C13H19NO3. The van der Waals surface area contributed by atoms with E-state index in [0.29, 0.717) is 12.2 Å². The van der Waals surface area contributed by atoms with Crippen LogP contribution in [0.3, 0.4) is 0 Å². The maximum atomic E-state index is 11.9. The Bertz CT molecular complexity index is 390. The molecule has 0 heterocycles. The molecule has 0 aliphatic rings. The number of aryl methyl sites for hydroxylation is 1. The van der Waals surface area contributed by atoms with E-state index in [1.54, 1.807) is 25.3 Å². The Labute approximate surface area is 102 Å². The highest BCUT2D eigenvalue weighted by atomic mass is 16.5. The molecule has 1 aromatic rings. The van der Waals surface area contributed by atoms with Crippen LogP contribution >= 0.6 is 0 Å². The van der Waals surface area contributed by atoms with Gasteiger partial charge in [0.15, 0.2) is 0 Å². The molecule has 0 radical (unpaired) electrons.